The SMILES string of the molecule is CCOc1cc(C2C(C(=O)Nc3ccccc3CC)C(=O)CC(C)(O)C2C(=O)Nc2ccccc2CC)ccc1OCc1cc(C)c(C)cc1C. The van der Waals surface area contributed by atoms with Gasteiger partial charge in [0.25, 0.3) is 0 Å². The molecular weight excluding hydrogens is 640 g/mol. The number of ketones is 1. The summed E-state index contributed by atoms with van der Waals surface area (Å²) in [6.07, 6.45) is 0.997. The molecule has 1 aliphatic rings. The van der Waals surface area contributed by atoms with Crippen molar-refractivity contribution in [2.75, 3.05) is 17.2 Å². The Balaban J connectivity index is 1.59. The number of aliphatic hydroxyl groups is 1. The number of hydrogen-bond acceptors (Lipinski definition) is 6. The maximum Gasteiger partial charge on any atom is 0.235 e. The van der Waals surface area contributed by atoms with Gasteiger partial charge in [0.05, 0.1) is 18.1 Å². The molecule has 0 saturated heterocycles. The number of amides is 2. The molecular formula is C43H50N2O6. The molecule has 51 heavy (non-hydrogen) atoms. The Morgan fingerprint density at radius 2 is 1.33 bits per heavy atom. The number of Topliss-reactive ketones (excluding diaryl/α,β-unsaturated/α-hetero) is 1. The topological polar surface area (TPSA) is 114 Å². The van der Waals surface area contributed by atoms with Crippen LogP contribution in [0.5, 0.6) is 11.5 Å². The predicted octanol–water partition coefficient (Wildman–Crippen LogP) is 8.03. The van der Waals surface area contributed by atoms with Crippen molar-refractivity contribution < 1.29 is 29.0 Å². The lowest BCUT2D eigenvalue weighted by Gasteiger charge is -2.44. The van der Waals surface area contributed by atoms with Gasteiger partial charge in [-0.15, -0.1) is 0 Å². The van der Waals surface area contributed by atoms with E-state index < -0.39 is 41.0 Å². The van der Waals surface area contributed by atoms with Crippen LogP contribution in [0, 0.1) is 32.6 Å². The number of hydrogen-bond donors (Lipinski definition) is 3. The minimum atomic E-state index is -1.76. The largest absolute Gasteiger partial charge is 0.490 e. The first kappa shape index (κ1) is 37.3. The number of nitrogens with one attached hydrogen (secondary N) is 2. The first-order chi connectivity index (χ1) is 24.4. The molecule has 4 aromatic rings. The van der Waals surface area contributed by atoms with Crippen molar-refractivity contribution in [2.24, 2.45) is 11.8 Å². The first-order valence-corrected chi connectivity index (χ1v) is 17.9. The quantitative estimate of drug-likeness (QED) is 0.130. The van der Waals surface area contributed by atoms with Crippen LogP contribution in [0.4, 0.5) is 11.4 Å². The number of carbonyl (C=O) groups is 3. The summed E-state index contributed by atoms with van der Waals surface area (Å²) in [5.41, 5.74) is 6.37. The lowest BCUT2D eigenvalue weighted by molar-refractivity contribution is -0.150. The molecule has 0 heterocycles. The third-order valence-electron chi connectivity index (χ3n) is 10.1. The number of benzene rings is 4. The van der Waals surface area contributed by atoms with Crippen molar-refractivity contribution in [1.82, 2.24) is 0 Å². The Bertz CT molecular complexity index is 1910. The molecule has 1 aliphatic carbocycles. The summed E-state index contributed by atoms with van der Waals surface area (Å²) in [6.45, 7) is 14.2. The molecule has 0 spiro atoms. The predicted molar refractivity (Wildman–Crippen MR) is 201 cm³/mol. The fourth-order valence-corrected chi connectivity index (χ4v) is 7.26. The number of carbonyl (C=O) groups excluding carboxylic acids is 3. The second-order valence-corrected chi connectivity index (χ2v) is 13.8. The summed E-state index contributed by atoms with van der Waals surface area (Å²) in [7, 11) is 0. The van der Waals surface area contributed by atoms with E-state index in [4.69, 9.17) is 9.47 Å². The summed E-state index contributed by atoms with van der Waals surface area (Å²) < 4.78 is 12.4. The summed E-state index contributed by atoms with van der Waals surface area (Å²) in [4.78, 5) is 42.7. The lowest BCUT2D eigenvalue weighted by Crippen LogP contribution is -2.56. The molecule has 5 rings (SSSR count). The van der Waals surface area contributed by atoms with E-state index in [9.17, 15) is 19.5 Å². The van der Waals surface area contributed by atoms with E-state index >= 15 is 0 Å². The number of anilines is 2. The smallest absolute Gasteiger partial charge is 0.235 e. The summed E-state index contributed by atoms with van der Waals surface area (Å²) in [6, 6.07) is 24.5. The molecule has 0 aliphatic heterocycles. The van der Waals surface area contributed by atoms with Crippen molar-refractivity contribution in [3.63, 3.8) is 0 Å². The number of para-hydroxylation sites is 2. The molecule has 4 unspecified atom stereocenters. The zero-order valence-corrected chi connectivity index (χ0v) is 30.8. The van der Waals surface area contributed by atoms with Crippen molar-refractivity contribution in [3.05, 3.63) is 118 Å². The molecule has 4 atom stereocenters. The van der Waals surface area contributed by atoms with E-state index in [2.05, 4.69) is 43.5 Å². The zero-order chi connectivity index (χ0) is 36.9. The zero-order valence-electron chi connectivity index (χ0n) is 30.8. The van der Waals surface area contributed by atoms with E-state index in [1.54, 1.807) is 24.3 Å². The summed E-state index contributed by atoms with van der Waals surface area (Å²) >= 11 is 0. The van der Waals surface area contributed by atoms with Crippen LogP contribution in [0.1, 0.15) is 79.0 Å². The molecule has 1 fully saturated rings. The van der Waals surface area contributed by atoms with Crippen LogP contribution in [-0.2, 0) is 33.8 Å². The number of aryl methyl sites for hydroxylation is 5. The standard InChI is InChI=1S/C43H50N2O6/c1-8-29-15-11-13-17-33(29)44-41(47)39-35(46)24-43(7,49)40(42(48)45-34-18-14-12-16-30(34)9-2)38(39)31-19-20-36(37(23-31)50-10-3)51-25-32-22-27(5)26(4)21-28(32)6/h11-23,38-40,49H,8-10,24-25H2,1-7H3,(H,44,47)(H,45,48). The minimum absolute atomic E-state index is 0.312. The van der Waals surface area contributed by atoms with Crippen LogP contribution in [0.15, 0.2) is 78.9 Å². The fourth-order valence-electron chi connectivity index (χ4n) is 7.26. The van der Waals surface area contributed by atoms with Gasteiger partial charge in [-0.25, -0.2) is 0 Å². The van der Waals surface area contributed by atoms with Crippen LogP contribution in [0.25, 0.3) is 0 Å². The molecule has 0 bridgehead atoms. The molecule has 4 aromatic carbocycles. The van der Waals surface area contributed by atoms with Crippen LogP contribution in [0.2, 0.25) is 0 Å². The van der Waals surface area contributed by atoms with Crippen LogP contribution < -0.4 is 20.1 Å². The third-order valence-corrected chi connectivity index (χ3v) is 10.1. The maximum atomic E-state index is 14.4. The van der Waals surface area contributed by atoms with Crippen molar-refractivity contribution in [1.29, 1.82) is 0 Å². The highest BCUT2D eigenvalue weighted by Gasteiger charge is 2.56. The number of ether oxygens (including phenoxy) is 2. The maximum absolute atomic E-state index is 14.4. The van der Waals surface area contributed by atoms with E-state index in [0.717, 1.165) is 22.3 Å². The molecule has 2 amide bonds. The highest BCUT2D eigenvalue weighted by atomic mass is 16.5. The highest BCUT2D eigenvalue weighted by Crippen LogP contribution is 2.48. The Kier molecular flexibility index (Phi) is 11.7. The van der Waals surface area contributed by atoms with Crippen molar-refractivity contribution in [2.45, 2.75) is 85.9 Å². The van der Waals surface area contributed by atoms with E-state index in [0.29, 0.717) is 54.5 Å². The molecule has 8 nitrogen and oxygen atoms in total. The van der Waals surface area contributed by atoms with E-state index in [1.807, 2.05) is 63.2 Å². The average Bonchev–Trinajstić information content (AvgIpc) is 3.09. The molecule has 8 heteroatoms. The van der Waals surface area contributed by atoms with Gasteiger partial charge in [0.1, 0.15) is 18.3 Å². The Hall–Kier alpha value is -4.95. The summed E-state index contributed by atoms with van der Waals surface area (Å²) in [5, 5.41) is 17.9. The van der Waals surface area contributed by atoms with Gasteiger partial charge < -0.3 is 25.2 Å². The van der Waals surface area contributed by atoms with Gasteiger partial charge in [-0.1, -0.05) is 68.4 Å². The minimum Gasteiger partial charge on any atom is -0.490 e. The molecule has 3 N–H and O–H groups in total. The van der Waals surface area contributed by atoms with Gasteiger partial charge in [-0.05, 0) is 111 Å². The normalized spacial score (nSPS) is 20.1. The van der Waals surface area contributed by atoms with Gasteiger partial charge in [0.15, 0.2) is 11.5 Å². The van der Waals surface area contributed by atoms with E-state index in [1.165, 1.54) is 18.1 Å². The third kappa shape index (κ3) is 8.18. The van der Waals surface area contributed by atoms with Crippen LogP contribution in [0.3, 0.4) is 0 Å². The van der Waals surface area contributed by atoms with Gasteiger partial charge in [-0.3, -0.25) is 14.4 Å². The second kappa shape index (κ2) is 15.9. The average molecular weight is 691 g/mol. The second-order valence-electron chi connectivity index (χ2n) is 13.8. The Labute approximate surface area is 301 Å². The highest BCUT2D eigenvalue weighted by molar-refractivity contribution is 6.10. The summed E-state index contributed by atoms with van der Waals surface area (Å²) in [5.74, 6) is -4.02. The van der Waals surface area contributed by atoms with Gasteiger partial charge in [-0.2, -0.15) is 0 Å². The Morgan fingerprint density at radius 3 is 1.94 bits per heavy atom. The van der Waals surface area contributed by atoms with Crippen LogP contribution >= 0.6 is 0 Å². The molecule has 268 valence electrons. The van der Waals surface area contributed by atoms with Gasteiger partial charge in [0.2, 0.25) is 11.8 Å². The fraction of sp³-hybridized carbons (Fsp3) is 0.372. The molecule has 1 saturated carbocycles. The van der Waals surface area contributed by atoms with Crippen molar-refractivity contribution in [3.8, 4) is 11.5 Å². The van der Waals surface area contributed by atoms with E-state index in [-0.39, 0.29) is 6.42 Å². The monoisotopic (exact) mass is 690 g/mol. The van der Waals surface area contributed by atoms with Gasteiger partial charge in [0, 0.05) is 23.7 Å². The molecule has 0 radical (unpaired) electrons. The number of rotatable bonds is 12. The van der Waals surface area contributed by atoms with Crippen molar-refractivity contribution >= 4 is 29.0 Å². The first-order valence-electron chi connectivity index (χ1n) is 17.9. The Morgan fingerprint density at radius 1 is 0.745 bits per heavy atom. The molecule has 0 aromatic heterocycles. The van der Waals surface area contributed by atoms with Gasteiger partial charge >= 0.3 is 0 Å². The lowest BCUT2D eigenvalue weighted by atomic mass is 9.61. The van der Waals surface area contributed by atoms with Crippen LogP contribution in [-0.4, -0.2) is 34.9 Å².